The molecule has 0 unspecified atom stereocenters. The van der Waals surface area contributed by atoms with Gasteiger partial charge in [0.15, 0.2) is 0 Å². The Kier molecular flexibility index (Phi) is 8.76. The first-order valence-electron chi connectivity index (χ1n) is 11.1. The van der Waals surface area contributed by atoms with Crippen LogP contribution in [0.2, 0.25) is 0 Å². The third-order valence-corrected chi connectivity index (χ3v) is 5.40. The molecule has 0 saturated carbocycles. The number of nitrogens with two attached hydrogens (primary N) is 1. The number of hydrogen-bond acceptors (Lipinski definition) is 8. The van der Waals surface area contributed by atoms with Crippen molar-refractivity contribution in [3.63, 3.8) is 0 Å². The van der Waals surface area contributed by atoms with Crippen LogP contribution >= 0.6 is 0 Å². The lowest BCUT2D eigenvalue weighted by Gasteiger charge is -2.30. The molecule has 1 aliphatic heterocycles. The summed E-state index contributed by atoms with van der Waals surface area (Å²) in [4.78, 5) is 61.9. The summed E-state index contributed by atoms with van der Waals surface area (Å²) in [5, 5.41) is 18.9. The van der Waals surface area contributed by atoms with Crippen molar-refractivity contribution in [2.75, 3.05) is 6.54 Å². The lowest BCUT2D eigenvalue weighted by molar-refractivity contribution is -0.156. The van der Waals surface area contributed by atoms with Crippen LogP contribution in [0.5, 0.6) is 0 Å². The van der Waals surface area contributed by atoms with Crippen molar-refractivity contribution in [2.24, 2.45) is 10.9 Å². The summed E-state index contributed by atoms with van der Waals surface area (Å²) >= 11 is 0. The predicted octanol–water partition coefficient (Wildman–Crippen LogP) is 0.585. The highest BCUT2D eigenvalue weighted by Gasteiger charge is 2.44. The lowest BCUT2D eigenvalue weighted by atomic mass is 10.0. The number of urea groups is 1. The largest absolute Gasteiger partial charge is 0.480 e. The van der Waals surface area contributed by atoms with Crippen LogP contribution in [0.25, 0.3) is 0 Å². The zero-order valence-electron chi connectivity index (χ0n) is 19.9. The van der Waals surface area contributed by atoms with Crippen LogP contribution in [-0.4, -0.2) is 69.9 Å². The van der Waals surface area contributed by atoms with Gasteiger partial charge in [-0.1, -0.05) is 54.6 Å². The average molecular weight is 511 g/mol. The van der Waals surface area contributed by atoms with E-state index >= 15 is 0 Å². The molecule has 13 nitrogen and oxygen atoms in total. The molecule has 1 fully saturated rings. The van der Waals surface area contributed by atoms with Gasteiger partial charge in [0.05, 0.1) is 12.8 Å². The number of ether oxygens (including phenoxy) is 1. The number of amides is 5. The van der Waals surface area contributed by atoms with E-state index in [1.807, 2.05) is 0 Å². The number of carboxylic acids is 1. The second-order valence-electron chi connectivity index (χ2n) is 8.07. The zero-order chi connectivity index (χ0) is 26.9. The van der Waals surface area contributed by atoms with Crippen LogP contribution in [0.3, 0.4) is 0 Å². The van der Waals surface area contributed by atoms with Crippen molar-refractivity contribution in [3.05, 3.63) is 71.3 Å². The van der Waals surface area contributed by atoms with Crippen molar-refractivity contribution < 1.29 is 33.8 Å². The Balaban J connectivity index is 1.66. The van der Waals surface area contributed by atoms with Crippen LogP contribution in [-0.2, 0) is 32.1 Å². The maximum atomic E-state index is 13.0. The third kappa shape index (κ3) is 7.04. The van der Waals surface area contributed by atoms with Gasteiger partial charge >= 0.3 is 18.1 Å². The summed E-state index contributed by atoms with van der Waals surface area (Å²) in [6.45, 7) is 0.270. The number of aliphatic carboxylic acids is 1. The second kappa shape index (κ2) is 12.2. The Morgan fingerprint density at radius 1 is 1.16 bits per heavy atom. The van der Waals surface area contributed by atoms with Gasteiger partial charge in [-0.2, -0.15) is 10.1 Å². The van der Waals surface area contributed by atoms with Crippen molar-refractivity contribution in [3.8, 4) is 0 Å². The van der Waals surface area contributed by atoms with Gasteiger partial charge in [-0.15, -0.1) is 0 Å². The molecule has 1 aliphatic rings. The first-order chi connectivity index (χ1) is 17.7. The smallest absolute Gasteiger partial charge is 0.408 e. The minimum atomic E-state index is -1.66. The number of carbonyl (C=O) groups is 5. The molecule has 2 aromatic rings. The highest BCUT2D eigenvalue weighted by Crippen LogP contribution is 2.16. The number of hydrogen-bond donors (Lipinski definition) is 4. The predicted molar refractivity (Wildman–Crippen MR) is 130 cm³/mol. The lowest BCUT2D eigenvalue weighted by Crippen LogP contribution is -2.57. The molecular formula is C24H26N6O7. The third-order valence-electron chi connectivity index (χ3n) is 5.40. The van der Waals surface area contributed by atoms with Crippen molar-refractivity contribution in [1.29, 1.82) is 0 Å². The Morgan fingerprint density at radius 2 is 1.84 bits per heavy atom. The number of nitrogens with zero attached hydrogens (tertiary/aromatic N) is 3. The van der Waals surface area contributed by atoms with Gasteiger partial charge in [0.1, 0.15) is 18.7 Å². The highest BCUT2D eigenvalue weighted by molar-refractivity contribution is 6.05. The molecule has 1 heterocycles. The monoisotopic (exact) mass is 510 g/mol. The Bertz CT molecular complexity index is 1190. The normalized spacial score (nSPS) is 15.8. The maximum absolute atomic E-state index is 13.0. The fraction of sp³-hybridized carbons (Fsp3) is 0.250. The minimum absolute atomic E-state index is 0.107. The van der Waals surface area contributed by atoms with E-state index in [1.54, 1.807) is 54.6 Å². The van der Waals surface area contributed by atoms with E-state index in [2.05, 4.69) is 15.7 Å². The molecular weight excluding hydrogens is 484 g/mol. The van der Waals surface area contributed by atoms with E-state index in [0.29, 0.717) is 15.6 Å². The summed E-state index contributed by atoms with van der Waals surface area (Å²) in [5.74, 6) is 2.11. The molecule has 1 saturated heterocycles. The first kappa shape index (κ1) is 26.7. The van der Waals surface area contributed by atoms with E-state index in [0.717, 1.165) is 18.1 Å². The molecule has 0 bridgehead atoms. The summed E-state index contributed by atoms with van der Waals surface area (Å²) in [5.41, 5.74) is 2.14. The van der Waals surface area contributed by atoms with Crippen molar-refractivity contribution >= 4 is 36.1 Å². The SMILES string of the molecule is CC(=O)N(C[C@H](NC(=O)OCc1ccccc1)C(=O)O)N1C(=O)N[C@H](Cc2ccc(C=NN)cc2)C1=O. The van der Waals surface area contributed by atoms with E-state index in [9.17, 15) is 29.1 Å². The van der Waals surface area contributed by atoms with Gasteiger partial charge in [0, 0.05) is 13.3 Å². The van der Waals surface area contributed by atoms with E-state index in [4.69, 9.17) is 10.6 Å². The zero-order valence-corrected chi connectivity index (χ0v) is 19.9. The second-order valence-corrected chi connectivity index (χ2v) is 8.07. The van der Waals surface area contributed by atoms with Crippen LogP contribution in [0.4, 0.5) is 9.59 Å². The maximum Gasteiger partial charge on any atom is 0.408 e. The molecule has 2 aromatic carbocycles. The number of benzene rings is 2. The van der Waals surface area contributed by atoms with Gasteiger partial charge in [0.2, 0.25) is 5.91 Å². The molecule has 0 aromatic heterocycles. The van der Waals surface area contributed by atoms with Crippen molar-refractivity contribution in [1.82, 2.24) is 20.7 Å². The van der Waals surface area contributed by atoms with Crippen LogP contribution < -0.4 is 16.5 Å². The van der Waals surface area contributed by atoms with Crippen LogP contribution in [0.15, 0.2) is 59.7 Å². The Labute approximate surface area is 211 Å². The van der Waals surface area contributed by atoms with Gasteiger partial charge in [-0.25, -0.2) is 19.4 Å². The number of rotatable bonds is 10. The Hall–Kier alpha value is -4.94. The number of nitrogens with one attached hydrogen (secondary N) is 2. The molecule has 0 aliphatic carbocycles. The summed E-state index contributed by atoms with van der Waals surface area (Å²) < 4.78 is 5.03. The average Bonchev–Trinajstić information content (AvgIpc) is 3.14. The number of hydrazine groups is 1. The standard InChI is InChI=1S/C24H26N6O7/c1-15(31)29(13-20(22(33)34)28-24(36)37-14-18-5-3-2-4-6-18)30-21(32)19(27-23(30)35)11-16-7-9-17(10-8-16)12-26-25/h2-10,12,19-20H,11,13-14,25H2,1H3,(H,27,35)(H,28,36)(H,33,34)/t19-,20+/m1/s1. The number of imide groups is 1. The first-order valence-corrected chi connectivity index (χ1v) is 11.1. The highest BCUT2D eigenvalue weighted by atomic mass is 16.5. The number of carboxylic acid groups (broad SMARTS) is 1. The number of hydrazone groups is 1. The van der Waals surface area contributed by atoms with Gasteiger partial charge in [0.25, 0.3) is 5.91 Å². The quantitative estimate of drug-likeness (QED) is 0.155. The molecule has 13 heteroatoms. The minimum Gasteiger partial charge on any atom is -0.480 e. The molecule has 194 valence electrons. The molecule has 3 rings (SSSR count). The molecule has 2 atom stereocenters. The van der Waals surface area contributed by atoms with Crippen molar-refractivity contribution in [2.45, 2.75) is 32.0 Å². The number of carbonyl (C=O) groups excluding carboxylic acids is 4. The van der Waals surface area contributed by atoms with Gasteiger partial charge in [-0.05, 0) is 16.7 Å². The topological polar surface area (TPSA) is 184 Å². The fourth-order valence-corrected chi connectivity index (χ4v) is 3.56. The molecule has 37 heavy (non-hydrogen) atoms. The van der Waals surface area contributed by atoms with Gasteiger partial charge < -0.3 is 26.3 Å². The van der Waals surface area contributed by atoms with E-state index < -0.39 is 48.5 Å². The molecule has 0 radical (unpaired) electrons. The van der Waals surface area contributed by atoms with E-state index in [-0.39, 0.29) is 13.0 Å². The number of alkyl carbamates (subject to hydrolysis) is 1. The summed E-state index contributed by atoms with van der Waals surface area (Å²) in [6, 6.07) is 12.1. The summed E-state index contributed by atoms with van der Waals surface area (Å²) in [6.07, 6.45) is 0.528. The van der Waals surface area contributed by atoms with Crippen LogP contribution in [0, 0.1) is 0 Å². The van der Waals surface area contributed by atoms with Gasteiger partial charge in [-0.3, -0.25) is 9.59 Å². The molecule has 5 amide bonds. The fourth-order valence-electron chi connectivity index (χ4n) is 3.56. The molecule has 5 N–H and O–H groups in total. The molecule has 0 spiro atoms. The van der Waals surface area contributed by atoms with Crippen LogP contribution in [0.1, 0.15) is 23.6 Å². The Morgan fingerprint density at radius 3 is 2.43 bits per heavy atom. The summed E-state index contributed by atoms with van der Waals surface area (Å²) in [7, 11) is 0. The van der Waals surface area contributed by atoms with E-state index in [1.165, 1.54) is 6.21 Å².